The van der Waals surface area contributed by atoms with Crippen LogP contribution in [0.15, 0.2) is 62.3 Å². The van der Waals surface area contributed by atoms with Crippen LogP contribution >= 0.6 is 35.1 Å². The van der Waals surface area contributed by atoms with Gasteiger partial charge in [-0.2, -0.15) is 0 Å². The molecule has 0 radical (unpaired) electrons. The number of carbonyl (C=O) groups excluding carboxylic acids is 1. The van der Waals surface area contributed by atoms with Gasteiger partial charge in [-0.3, -0.25) is 9.69 Å². The summed E-state index contributed by atoms with van der Waals surface area (Å²) in [6.07, 6.45) is 1.93. The monoisotopic (exact) mass is 473 g/mol. The molecule has 0 aromatic heterocycles. The van der Waals surface area contributed by atoms with E-state index in [4.69, 9.17) is 21.3 Å². The average Bonchev–Trinajstić information content (AvgIpc) is 3.28. The van der Waals surface area contributed by atoms with Crippen molar-refractivity contribution in [2.45, 2.75) is 31.6 Å². The lowest BCUT2D eigenvalue weighted by Gasteiger charge is -2.19. The van der Waals surface area contributed by atoms with Gasteiger partial charge in [-0.1, -0.05) is 42.8 Å². The third-order valence-electron chi connectivity index (χ3n) is 5.05. The Labute approximate surface area is 196 Å². The quantitative estimate of drug-likeness (QED) is 0.447. The highest BCUT2D eigenvalue weighted by Gasteiger charge is 2.39. The molecule has 2 aliphatic heterocycles. The fourth-order valence-corrected chi connectivity index (χ4v) is 6.04. The molecule has 0 unspecified atom stereocenters. The van der Waals surface area contributed by atoms with Gasteiger partial charge >= 0.3 is 0 Å². The lowest BCUT2D eigenvalue weighted by molar-refractivity contribution is -0.122. The highest BCUT2D eigenvalue weighted by atomic mass is 35.5. The fourth-order valence-electron chi connectivity index (χ4n) is 3.46. The Morgan fingerprint density at radius 3 is 2.65 bits per heavy atom. The fraction of sp³-hybridized carbons (Fsp3) is 0.304. The van der Waals surface area contributed by atoms with Crippen molar-refractivity contribution in [1.29, 1.82) is 0 Å². The van der Waals surface area contributed by atoms with Gasteiger partial charge in [0.05, 0.1) is 18.5 Å². The summed E-state index contributed by atoms with van der Waals surface area (Å²) in [6.45, 7) is 5.62. The normalized spacial score (nSPS) is 19.5. The van der Waals surface area contributed by atoms with Crippen LogP contribution in [0, 0.1) is 0 Å². The third kappa shape index (κ3) is 4.45. The van der Waals surface area contributed by atoms with E-state index in [1.165, 1.54) is 11.8 Å². The first-order valence-corrected chi connectivity index (χ1v) is 12.3. The van der Waals surface area contributed by atoms with E-state index in [2.05, 4.69) is 24.8 Å². The Bertz CT molecular complexity index is 1070. The van der Waals surface area contributed by atoms with E-state index >= 15 is 0 Å². The summed E-state index contributed by atoms with van der Waals surface area (Å²) in [5.41, 5.74) is 1.82. The lowest BCUT2D eigenvalue weighted by atomic mass is 10.2. The summed E-state index contributed by atoms with van der Waals surface area (Å²) < 4.78 is 5.41. The van der Waals surface area contributed by atoms with Crippen molar-refractivity contribution in [3.05, 3.63) is 57.4 Å². The zero-order chi connectivity index (χ0) is 22.0. The molecule has 8 heteroatoms. The summed E-state index contributed by atoms with van der Waals surface area (Å²) >= 11 is 9.21. The van der Waals surface area contributed by atoms with Crippen molar-refractivity contribution in [3.8, 4) is 5.75 Å². The summed E-state index contributed by atoms with van der Waals surface area (Å²) in [6, 6.07) is 13.4. The predicted octanol–water partition coefficient (Wildman–Crippen LogP) is 6.51. The SMILES string of the molecule is CCCCN1C(=O)/C(=C2/Sc3ccc(OC)cc3N2CC)SC1=Nc1cccc(Cl)c1. The number of rotatable bonds is 6. The van der Waals surface area contributed by atoms with Crippen molar-refractivity contribution < 1.29 is 9.53 Å². The second-order valence-electron chi connectivity index (χ2n) is 7.10. The second-order valence-corrected chi connectivity index (χ2v) is 9.55. The van der Waals surface area contributed by atoms with Gasteiger partial charge in [0.2, 0.25) is 0 Å². The van der Waals surface area contributed by atoms with Crippen LogP contribution in [0.5, 0.6) is 5.75 Å². The Kier molecular flexibility index (Phi) is 6.84. The molecular weight excluding hydrogens is 450 g/mol. The second kappa shape index (κ2) is 9.59. The molecule has 0 spiro atoms. The Morgan fingerprint density at radius 2 is 1.94 bits per heavy atom. The van der Waals surface area contributed by atoms with Crippen LogP contribution in [0.2, 0.25) is 5.02 Å². The number of benzene rings is 2. The third-order valence-corrected chi connectivity index (χ3v) is 7.66. The van der Waals surface area contributed by atoms with Gasteiger partial charge in [-0.15, -0.1) is 0 Å². The minimum atomic E-state index is 0.0138. The molecule has 0 atom stereocenters. The van der Waals surface area contributed by atoms with Crippen molar-refractivity contribution in [1.82, 2.24) is 4.90 Å². The molecule has 2 heterocycles. The van der Waals surface area contributed by atoms with Gasteiger partial charge in [0, 0.05) is 29.1 Å². The number of methoxy groups -OCH3 is 1. The summed E-state index contributed by atoms with van der Waals surface area (Å²) in [5.74, 6) is 0.821. The average molecular weight is 474 g/mol. The minimum Gasteiger partial charge on any atom is -0.497 e. The van der Waals surface area contributed by atoms with E-state index in [0.717, 1.165) is 51.3 Å². The predicted molar refractivity (Wildman–Crippen MR) is 132 cm³/mol. The highest BCUT2D eigenvalue weighted by Crippen LogP contribution is 2.51. The van der Waals surface area contributed by atoms with Crippen LogP contribution in [0.4, 0.5) is 11.4 Å². The molecule has 31 heavy (non-hydrogen) atoms. The van der Waals surface area contributed by atoms with Gasteiger partial charge in [-0.05, 0) is 55.4 Å². The largest absolute Gasteiger partial charge is 0.497 e. The van der Waals surface area contributed by atoms with E-state index in [9.17, 15) is 4.79 Å². The molecule has 2 aliphatic rings. The van der Waals surface area contributed by atoms with Crippen LogP contribution in [0.25, 0.3) is 0 Å². The Hall–Kier alpha value is -2.09. The summed E-state index contributed by atoms with van der Waals surface area (Å²) in [5, 5.41) is 2.29. The van der Waals surface area contributed by atoms with E-state index in [-0.39, 0.29) is 5.91 Å². The molecule has 0 N–H and O–H groups in total. The van der Waals surface area contributed by atoms with Crippen molar-refractivity contribution in [3.63, 3.8) is 0 Å². The molecule has 2 aromatic carbocycles. The molecule has 4 rings (SSSR count). The summed E-state index contributed by atoms with van der Waals surface area (Å²) in [7, 11) is 1.67. The number of ether oxygens (including phenoxy) is 1. The number of thioether (sulfide) groups is 2. The molecule has 2 aromatic rings. The number of carbonyl (C=O) groups is 1. The van der Waals surface area contributed by atoms with Crippen molar-refractivity contribution >= 4 is 57.6 Å². The van der Waals surface area contributed by atoms with E-state index in [1.807, 2.05) is 36.4 Å². The molecule has 1 saturated heterocycles. The Balaban J connectivity index is 1.74. The minimum absolute atomic E-state index is 0.0138. The molecule has 162 valence electrons. The number of fused-ring (bicyclic) bond motifs is 1. The zero-order valence-electron chi connectivity index (χ0n) is 17.7. The zero-order valence-corrected chi connectivity index (χ0v) is 20.1. The van der Waals surface area contributed by atoms with Crippen LogP contribution in [0.1, 0.15) is 26.7 Å². The number of amides is 1. The van der Waals surface area contributed by atoms with Crippen molar-refractivity contribution in [2.75, 3.05) is 25.1 Å². The van der Waals surface area contributed by atoms with E-state index in [0.29, 0.717) is 16.7 Å². The first-order valence-electron chi connectivity index (χ1n) is 10.3. The highest BCUT2D eigenvalue weighted by molar-refractivity contribution is 8.19. The molecule has 0 bridgehead atoms. The van der Waals surface area contributed by atoms with E-state index in [1.54, 1.807) is 23.8 Å². The van der Waals surface area contributed by atoms with Crippen molar-refractivity contribution in [2.24, 2.45) is 4.99 Å². The number of hydrogen-bond acceptors (Lipinski definition) is 6. The van der Waals surface area contributed by atoms with Gasteiger partial charge in [-0.25, -0.2) is 4.99 Å². The molecule has 0 aliphatic carbocycles. The van der Waals surface area contributed by atoms with Gasteiger partial charge < -0.3 is 9.64 Å². The van der Waals surface area contributed by atoms with Crippen LogP contribution in [-0.2, 0) is 4.79 Å². The molecule has 1 fully saturated rings. The maximum Gasteiger partial charge on any atom is 0.269 e. The van der Waals surface area contributed by atoms with E-state index < -0.39 is 0 Å². The standard InChI is InChI=1S/C23H24ClN3O2S2/c1-4-6-12-27-21(28)20(31-23(27)25-16-9-7-8-15(24)13-16)22-26(5-2)18-14-17(29-3)10-11-19(18)30-22/h7-11,13-14H,4-6,12H2,1-3H3/b22-20-,25-23?. The number of nitrogens with zero attached hydrogens (tertiary/aromatic N) is 3. The van der Waals surface area contributed by atoms with Crippen LogP contribution < -0.4 is 9.64 Å². The Morgan fingerprint density at radius 1 is 1.10 bits per heavy atom. The first-order chi connectivity index (χ1) is 15.0. The molecular formula is C23H24ClN3O2S2. The van der Waals surface area contributed by atoms with Crippen LogP contribution in [0.3, 0.4) is 0 Å². The van der Waals surface area contributed by atoms with Gasteiger partial charge in [0.1, 0.15) is 15.7 Å². The molecule has 0 saturated carbocycles. The number of unbranched alkanes of at least 4 members (excludes halogenated alkanes) is 1. The number of halogens is 1. The topological polar surface area (TPSA) is 45.1 Å². The van der Waals surface area contributed by atoms with Gasteiger partial charge in [0.15, 0.2) is 5.17 Å². The number of amidine groups is 1. The smallest absolute Gasteiger partial charge is 0.269 e. The first kappa shape index (κ1) is 22.1. The number of aliphatic imine (C=N–C) groups is 1. The number of hydrogen-bond donors (Lipinski definition) is 0. The number of anilines is 1. The molecule has 1 amide bonds. The van der Waals surface area contributed by atoms with Crippen LogP contribution in [-0.4, -0.2) is 36.2 Å². The lowest BCUT2D eigenvalue weighted by Crippen LogP contribution is -2.30. The van der Waals surface area contributed by atoms with Gasteiger partial charge in [0.25, 0.3) is 5.91 Å². The molecule has 5 nitrogen and oxygen atoms in total. The summed E-state index contributed by atoms with van der Waals surface area (Å²) in [4.78, 5) is 24.1. The maximum atomic E-state index is 13.5. The maximum absolute atomic E-state index is 13.5.